The number of rotatable bonds is 20. The highest BCUT2D eigenvalue weighted by Gasteiger charge is 2.31. The van der Waals surface area contributed by atoms with Gasteiger partial charge in [0.05, 0.1) is 24.2 Å². The number of hydrogen-bond acceptors (Lipinski definition) is 6. The molecule has 0 aliphatic rings. The molecule has 0 aromatic rings. The number of hydrogen-bond donors (Lipinski definition) is 3. The fourth-order valence-corrected chi connectivity index (χ4v) is 4.54. The van der Waals surface area contributed by atoms with E-state index in [2.05, 4.69) is 24.5 Å². The summed E-state index contributed by atoms with van der Waals surface area (Å²) < 4.78 is 0. The average molecular weight is 510 g/mol. The van der Waals surface area contributed by atoms with Crippen LogP contribution in [-0.4, -0.2) is 72.9 Å². The maximum atomic E-state index is 12.8. The minimum atomic E-state index is -0.701. The summed E-state index contributed by atoms with van der Waals surface area (Å²) in [5.41, 5.74) is 0. The summed E-state index contributed by atoms with van der Waals surface area (Å²) in [6.07, 6.45) is 8.81. The summed E-state index contributed by atoms with van der Waals surface area (Å²) in [4.78, 5) is 40.2. The Morgan fingerprint density at radius 1 is 0.917 bits per heavy atom. The van der Waals surface area contributed by atoms with Crippen molar-refractivity contribution in [1.29, 1.82) is 0 Å². The summed E-state index contributed by atoms with van der Waals surface area (Å²) in [6.45, 7) is 12.0. The minimum Gasteiger partial charge on any atom is -0.391 e. The zero-order valence-electron chi connectivity index (χ0n) is 24.5. The number of nitrogens with zero attached hydrogens (tertiary/aromatic N) is 1. The number of aliphatic hydroxyl groups excluding tert-OH is 1. The molecule has 0 aliphatic heterocycles. The number of carbonyl (C=O) groups is 3. The molecule has 0 saturated heterocycles. The van der Waals surface area contributed by atoms with Gasteiger partial charge in [-0.15, -0.1) is 0 Å². The van der Waals surface area contributed by atoms with E-state index in [9.17, 15) is 19.5 Å². The molecular formula is C29H55N3O4. The van der Waals surface area contributed by atoms with Crippen molar-refractivity contribution in [3.8, 4) is 0 Å². The van der Waals surface area contributed by atoms with E-state index >= 15 is 0 Å². The predicted octanol–water partition coefficient (Wildman–Crippen LogP) is 4.13. The van der Waals surface area contributed by atoms with Crippen LogP contribution in [0.15, 0.2) is 12.2 Å². The minimum absolute atomic E-state index is 0.00622. The number of nitrogens with one attached hydrogen (secondary N) is 2. The van der Waals surface area contributed by atoms with Crippen molar-refractivity contribution < 1.29 is 19.5 Å². The highest BCUT2D eigenvalue weighted by molar-refractivity contribution is 5.91. The van der Waals surface area contributed by atoms with Gasteiger partial charge in [0.15, 0.2) is 11.6 Å². The van der Waals surface area contributed by atoms with Crippen molar-refractivity contribution in [3.63, 3.8) is 0 Å². The van der Waals surface area contributed by atoms with Crippen LogP contribution in [0.1, 0.15) is 92.9 Å². The van der Waals surface area contributed by atoms with Crippen LogP contribution in [0.3, 0.4) is 0 Å². The molecule has 5 atom stereocenters. The first-order valence-corrected chi connectivity index (χ1v) is 13.9. The van der Waals surface area contributed by atoms with Gasteiger partial charge in [-0.25, -0.2) is 0 Å². The van der Waals surface area contributed by atoms with Crippen LogP contribution >= 0.6 is 0 Å². The Kier molecular flexibility index (Phi) is 17.8. The number of amides is 1. The summed E-state index contributed by atoms with van der Waals surface area (Å²) in [6, 6.07) is -1.28. The third-order valence-electron chi connectivity index (χ3n) is 6.82. The Morgan fingerprint density at radius 2 is 1.47 bits per heavy atom. The highest BCUT2D eigenvalue weighted by Crippen LogP contribution is 2.19. The number of likely N-dealkylation sites (N-methyl/N-ethyl adjacent to an activating group) is 2. The van der Waals surface area contributed by atoms with Gasteiger partial charge in [0, 0.05) is 12.8 Å². The second-order valence-electron chi connectivity index (χ2n) is 11.2. The summed E-state index contributed by atoms with van der Waals surface area (Å²) in [5.74, 6) is 0.436. The monoisotopic (exact) mass is 509 g/mol. The van der Waals surface area contributed by atoms with Crippen LogP contribution in [0.25, 0.3) is 0 Å². The summed E-state index contributed by atoms with van der Waals surface area (Å²) >= 11 is 0. The lowest BCUT2D eigenvalue weighted by atomic mass is 9.89. The van der Waals surface area contributed by atoms with E-state index in [4.69, 9.17) is 0 Å². The first kappa shape index (κ1) is 34.4. The Morgan fingerprint density at radius 3 is 1.92 bits per heavy atom. The van der Waals surface area contributed by atoms with Crippen molar-refractivity contribution in [2.75, 3.05) is 21.1 Å². The molecule has 1 amide bonds. The standard InChI is InChI=1S/C29H55N3O4/c1-10-11-16-22(6)28(35)27(32(8)9)25(34)18-15-13-12-14-17-24(33)26(21(4)5)31-29(36)23(30-7)19-20(2)3/h10-11,20-23,26-28,30,35H,12-19H2,1-9H3,(H,31,36)/b11-10+/t22-,23+,26+,27?,28-/m1/s1. The molecule has 0 radical (unpaired) electrons. The van der Waals surface area contributed by atoms with E-state index < -0.39 is 18.2 Å². The molecule has 0 fully saturated rings. The molecule has 3 N–H and O–H groups in total. The van der Waals surface area contributed by atoms with Gasteiger partial charge in [-0.1, -0.05) is 59.6 Å². The lowest BCUT2D eigenvalue weighted by Crippen LogP contribution is -2.51. The van der Waals surface area contributed by atoms with Crippen LogP contribution < -0.4 is 10.6 Å². The van der Waals surface area contributed by atoms with Crippen molar-refractivity contribution >= 4 is 17.5 Å². The van der Waals surface area contributed by atoms with Crippen LogP contribution in [0, 0.1) is 17.8 Å². The zero-order chi connectivity index (χ0) is 27.8. The number of aliphatic hydroxyl groups is 1. The molecule has 0 heterocycles. The topological polar surface area (TPSA) is 98.7 Å². The molecule has 0 spiro atoms. The van der Waals surface area contributed by atoms with Crippen molar-refractivity contribution in [3.05, 3.63) is 12.2 Å². The van der Waals surface area contributed by atoms with E-state index in [1.165, 1.54) is 0 Å². The molecule has 0 rings (SSSR count). The third kappa shape index (κ3) is 13.1. The van der Waals surface area contributed by atoms with Crippen LogP contribution in [-0.2, 0) is 14.4 Å². The molecule has 36 heavy (non-hydrogen) atoms. The maximum Gasteiger partial charge on any atom is 0.237 e. The quantitative estimate of drug-likeness (QED) is 0.169. The van der Waals surface area contributed by atoms with E-state index in [-0.39, 0.29) is 35.4 Å². The molecule has 0 bridgehead atoms. The van der Waals surface area contributed by atoms with Gasteiger partial charge in [0.1, 0.15) is 0 Å². The fourth-order valence-electron chi connectivity index (χ4n) is 4.54. The highest BCUT2D eigenvalue weighted by atomic mass is 16.3. The molecule has 0 saturated carbocycles. The van der Waals surface area contributed by atoms with Crippen molar-refractivity contribution in [1.82, 2.24) is 15.5 Å². The SMILES string of the molecule is C/C=C/C[C@@H](C)[C@@H](O)C(C(=O)CCCCCCC(=O)[C@@H](NC(=O)[C@H](CC(C)C)NC)C(C)C)N(C)C. The number of Topliss-reactive ketones (excluding diaryl/α,β-unsaturated/α-hetero) is 2. The maximum absolute atomic E-state index is 12.8. The molecule has 1 unspecified atom stereocenters. The van der Waals surface area contributed by atoms with Gasteiger partial charge in [-0.3, -0.25) is 19.3 Å². The summed E-state index contributed by atoms with van der Waals surface area (Å²) in [5, 5.41) is 16.8. The molecule has 7 heteroatoms. The molecule has 0 aromatic heterocycles. The number of ketones is 2. The van der Waals surface area contributed by atoms with Gasteiger partial charge < -0.3 is 15.7 Å². The Labute approximate surface area is 220 Å². The second-order valence-corrected chi connectivity index (χ2v) is 11.2. The largest absolute Gasteiger partial charge is 0.391 e. The first-order valence-electron chi connectivity index (χ1n) is 13.9. The number of unbranched alkanes of at least 4 members (excludes halogenated alkanes) is 3. The first-order chi connectivity index (χ1) is 16.9. The van der Waals surface area contributed by atoms with E-state index in [1.807, 2.05) is 58.8 Å². The van der Waals surface area contributed by atoms with Crippen molar-refractivity contribution in [2.45, 2.75) is 117 Å². The van der Waals surface area contributed by atoms with Gasteiger partial charge in [-0.2, -0.15) is 0 Å². The van der Waals surface area contributed by atoms with Gasteiger partial charge >= 0.3 is 0 Å². The predicted molar refractivity (Wildman–Crippen MR) is 149 cm³/mol. The fraction of sp³-hybridized carbons (Fsp3) is 0.828. The molecule has 0 aliphatic carbocycles. The van der Waals surface area contributed by atoms with Crippen LogP contribution in [0.5, 0.6) is 0 Å². The lowest BCUT2D eigenvalue weighted by Gasteiger charge is -2.31. The molecular weight excluding hydrogens is 454 g/mol. The van der Waals surface area contributed by atoms with E-state index in [0.29, 0.717) is 18.8 Å². The second kappa shape index (κ2) is 18.6. The van der Waals surface area contributed by atoms with E-state index in [1.54, 1.807) is 7.05 Å². The Balaban J connectivity index is 4.60. The van der Waals surface area contributed by atoms with Crippen LogP contribution in [0.2, 0.25) is 0 Å². The molecule has 7 nitrogen and oxygen atoms in total. The molecule has 0 aromatic carbocycles. The molecule has 210 valence electrons. The van der Waals surface area contributed by atoms with Gasteiger partial charge in [0.2, 0.25) is 5.91 Å². The summed E-state index contributed by atoms with van der Waals surface area (Å²) in [7, 11) is 5.45. The Hall–Kier alpha value is -1.57. The third-order valence-corrected chi connectivity index (χ3v) is 6.82. The van der Waals surface area contributed by atoms with Gasteiger partial charge in [0.25, 0.3) is 0 Å². The Bertz CT molecular complexity index is 675. The normalized spacial score (nSPS) is 16.4. The van der Waals surface area contributed by atoms with Crippen molar-refractivity contribution in [2.24, 2.45) is 17.8 Å². The average Bonchev–Trinajstić information content (AvgIpc) is 2.80. The number of carbonyl (C=O) groups excluding carboxylic acids is 3. The van der Waals surface area contributed by atoms with Crippen LogP contribution in [0.4, 0.5) is 0 Å². The lowest BCUT2D eigenvalue weighted by molar-refractivity contribution is -0.130. The zero-order valence-corrected chi connectivity index (χ0v) is 24.5. The smallest absolute Gasteiger partial charge is 0.237 e. The van der Waals surface area contributed by atoms with E-state index in [0.717, 1.165) is 38.5 Å². The van der Waals surface area contributed by atoms with Gasteiger partial charge in [-0.05, 0) is 71.5 Å². The number of allylic oxidation sites excluding steroid dienone is 2.